The summed E-state index contributed by atoms with van der Waals surface area (Å²) in [6.45, 7) is 5.41. The standard InChI is InChI=1S/C27H32ClFN6O4/c1-14(2)35-20-9-16(8-18(29)23(20)32-24(35)15-4-7-34(12-15)26(37)38-3)22-17(28)11-30-25(33-22)31-19-13-39-27(5-6-27)10-21(19)36/h8-9,11,14-15,19,21,36H,4-7,10,12-13H2,1-3H3,(H,30,31,33)/t15-,19+,21+/m1/s1. The minimum atomic E-state index is -0.581. The molecule has 0 radical (unpaired) electrons. The zero-order valence-electron chi connectivity index (χ0n) is 22.2. The van der Waals surface area contributed by atoms with Crippen LogP contribution in [-0.2, 0) is 9.47 Å². The number of amides is 1. The fraction of sp³-hybridized carbons (Fsp3) is 0.556. The number of hydrogen-bond acceptors (Lipinski definition) is 8. The van der Waals surface area contributed by atoms with E-state index in [-0.39, 0.29) is 46.2 Å². The topological polar surface area (TPSA) is 115 Å². The summed E-state index contributed by atoms with van der Waals surface area (Å²) in [5.74, 6) is 0.486. The molecule has 3 aliphatic rings. The molecule has 12 heteroatoms. The molecule has 0 bridgehead atoms. The second-order valence-electron chi connectivity index (χ2n) is 11.1. The largest absolute Gasteiger partial charge is 0.453 e. The van der Waals surface area contributed by atoms with Crippen molar-refractivity contribution in [3.05, 3.63) is 35.0 Å². The Labute approximate surface area is 230 Å². The summed E-state index contributed by atoms with van der Waals surface area (Å²) in [5.41, 5.74) is 1.59. The third-order valence-corrected chi connectivity index (χ3v) is 8.31. The van der Waals surface area contributed by atoms with E-state index in [2.05, 4.69) is 15.3 Å². The molecule has 10 nitrogen and oxygen atoms in total. The quantitative estimate of drug-likeness (QED) is 0.470. The molecule has 2 saturated heterocycles. The Kier molecular flexibility index (Phi) is 6.63. The van der Waals surface area contributed by atoms with Crippen molar-refractivity contribution in [3.63, 3.8) is 0 Å². The summed E-state index contributed by atoms with van der Waals surface area (Å²) in [7, 11) is 1.36. The van der Waals surface area contributed by atoms with Crippen molar-refractivity contribution >= 4 is 34.7 Å². The number of nitrogens with zero attached hydrogens (tertiary/aromatic N) is 5. The summed E-state index contributed by atoms with van der Waals surface area (Å²) in [6.07, 6.45) is 3.76. The molecule has 1 amide bonds. The predicted octanol–water partition coefficient (Wildman–Crippen LogP) is 4.52. The van der Waals surface area contributed by atoms with E-state index in [1.165, 1.54) is 19.4 Å². The number of imidazole rings is 1. The molecule has 208 valence electrons. The summed E-state index contributed by atoms with van der Waals surface area (Å²) >= 11 is 6.50. The lowest BCUT2D eigenvalue weighted by Gasteiger charge is -2.34. The lowest BCUT2D eigenvalue weighted by Crippen LogP contribution is -2.47. The number of ether oxygens (including phenoxy) is 2. The Bertz CT molecular complexity index is 1430. The van der Waals surface area contributed by atoms with Crippen LogP contribution in [0.5, 0.6) is 0 Å². The number of aromatic nitrogens is 4. The van der Waals surface area contributed by atoms with Gasteiger partial charge in [-0.15, -0.1) is 0 Å². The first kappa shape index (κ1) is 26.2. The van der Waals surface area contributed by atoms with Gasteiger partial charge in [0.05, 0.1) is 53.9 Å². The Balaban J connectivity index is 1.33. The predicted molar refractivity (Wildman–Crippen MR) is 143 cm³/mol. The van der Waals surface area contributed by atoms with Crippen molar-refractivity contribution in [3.8, 4) is 11.3 Å². The second kappa shape index (κ2) is 9.87. The zero-order valence-corrected chi connectivity index (χ0v) is 22.9. The van der Waals surface area contributed by atoms with E-state index in [1.54, 1.807) is 4.90 Å². The normalized spacial score (nSPS) is 24.1. The third-order valence-electron chi connectivity index (χ3n) is 8.03. The molecule has 2 aromatic heterocycles. The molecular formula is C27H32ClFN6O4. The van der Waals surface area contributed by atoms with Crippen LogP contribution in [0.4, 0.5) is 15.1 Å². The number of methoxy groups -OCH3 is 1. The van der Waals surface area contributed by atoms with Gasteiger partial charge in [-0.05, 0) is 45.2 Å². The maximum Gasteiger partial charge on any atom is 0.409 e. The van der Waals surface area contributed by atoms with E-state index in [1.807, 2.05) is 24.5 Å². The average molecular weight is 559 g/mol. The third kappa shape index (κ3) is 4.81. The molecule has 2 aliphatic heterocycles. The van der Waals surface area contributed by atoms with Gasteiger partial charge in [0.25, 0.3) is 0 Å². The number of fused-ring (bicyclic) bond motifs is 1. The lowest BCUT2D eigenvalue weighted by molar-refractivity contribution is -0.0671. The first-order chi connectivity index (χ1) is 18.7. The molecule has 4 heterocycles. The van der Waals surface area contributed by atoms with E-state index in [0.29, 0.717) is 49.3 Å². The van der Waals surface area contributed by atoms with Crippen LogP contribution in [0.2, 0.25) is 5.02 Å². The number of anilines is 1. The monoisotopic (exact) mass is 558 g/mol. The molecule has 0 unspecified atom stereocenters. The zero-order chi connectivity index (χ0) is 27.5. The first-order valence-corrected chi connectivity index (χ1v) is 13.7. The van der Waals surface area contributed by atoms with E-state index in [9.17, 15) is 9.90 Å². The maximum atomic E-state index is 15.6. The molecule has 3 fully saturated rings. The highest BCUT2D eigenvalue weighted by Crippen LogP contribution is 2.46. The molecule has 3 aromatic rings. The smallest absolute Gasteiger partial charge is 0.409 e. The number of halogens is 2. The first-order valence-electron chi connectivity index (χ1n) is 13.3. The van der Waals surface area contributed by atoms with Gasteiger partial charge in [0, 0.05) is 37.0 Å². The van der Waals surface area contributed by atoms with Crippen LogP contribution in [0.15, 0.2) is 18.3 Å². The highest BCUT2D eigenvalue weighted by atomic mass is 35.5. The number of carbonyl (C=O) groups excluding carboxylic acids is 1. The summed E-state index contributed by atoms with van der Waals surface area (Å²) in [5, 5.41) is 14.1. The van der Waals surface area contributed by atoms with E-state index in [0.717, 1.165) is 18.7 Å². The molecule has 2 N–H and O–H groups in total. The van der Waals surface area contributed by atoms with Crippen LogP contribution in [0.1, 0.15) is 57.3 Å². The summed E-state index contributed by atoms with van der Waals surface area (Å²) < 4.78 is 28.4. The van der Waals surface area contributed by atoms with E-state index >= 15 is 4.39 Å². The Morgan fingerprint density at radius 1 is 1.33 bits per heavy atom. The molecular weight excluding hydrogens is 527 g/mol. The van der Waals surface area contributed by atoms with Crippen LogP contribution in [0.25, 0.3) is 22.3 Å². The number of aliphatic hydroxyl groups is 1. The fourth-order valence-electron chi connectivity index (χ4n) is 5.79. The number of likely N-dealkylation sites (tertiary alicyclic amines) is 1. The van der Waals surface area contributed by atoms with Gasteiger partial charge in [0.1, 0.15) is 11.3 Å². The number of benzene rings is 1. The van der Waals surface area contributed by atoms with Crippen molar-refractivity contribution in [2.75, 3.05) is 32.1 Å². The molecule has 3 atom stereocenters. The van der Waals surface area contributed by atoms with Crippen molar-refractivity contribution < 1.29 is 23.8 Å². The molecule has 1 spiro atoms. The average Bonchev–Trinajstić information content (AvgIpc) is 3.30. The Hall–Kier alpha value is -3.02. The molecule has 1 saturated carbocycles. The molecule has 1 aliphatic carbocycles. The highest BCUT2D eigenvalue weighted by molar-refractivity contribution is 6.33. The molecule has 6 rings (SSSR count). The van der Waals surface area contributed by atoms with Gasteiger partial charge in [-0.25, -0.2) is 24.1 Å². The van der Waals surface area contributed by atoms with Crippen LogP contribution < -0.4 is 5.32 Å². The lowest BCUT2D eigenvalue weighted by atomic mass is 10.00. The van der Waals surface area contributed by atoms with Crippen LogP contribution in [0.3, 0.4) is 0 Å². The summed E-state index contributed by atoms with van der Waals surface area (Å²) in [6, 6.07) is 2.86. The number of nitrogens with one attached hydrogen (secondary N) is 1. The van der Waals surface area contributed by atoms with Crippen molar-refractivity contribution in [2.24, 2.45) is 0 Å². The van der Waals surface area contributed by atoms with Crippen LogP contribution in [-0.4, -0.2) is 80.2 Å². The number of rotatable bonds is 5. The number of carbonyl (C=O) groups is 1. The van der Waals surface area contributed by atoms with Gasteiger partial charge in [-0.3, -0.25) is 0 Å². The van der Waals surface area contributed by atoms with E-state index in [4.69, 9.17) is 26.1 Å². The second-order valence-corrected chi connectivity index (χ2v) is 11.5. The van der Waals surface area contributed by atoms with Gasteiger partial charge < -0.3 is 29.4 Å². The SMILES string of the molecule is COC(=O)N1CC[C@@H](c2nc3c(F)cc(-c4nc(N[C@H]5COC6(CC6)C[C@@H]5O)ncc4Cl)cc3n2C(C)C)C1. The van der Waals surface area contributed by atoms with Crippen molar-refractivity contribution in [1.82, 2.24) is 24.4 Å². The van der Waals surface area contributed by atoms with Gasteiger partial charge in [0.15, 0.2) is 5.82 Å². The minimum Gasteiger partial charge on any atom is -0.453 e. The van der Waals surface area contributed by atoms with Crippen molar-refractivity contribution in [2.45, 2.75) is 69.2 Å². The number of hydrogen-bond donors (Lipinski definition) is 2. The fourth-order valence-corrected chi connectivity index (χ4v) is 5.99. The van der Waals surface area contributed by atoms with Crippen LogP contribution >= 0.6 is 11.6 Å². The summed E-state index contributed by atoms with van der Waals surface area (Å²) in [4.78, 5) is 27.3. The van der Waals surface area contributed by atoms with E-state index < -0.39 is 11.9 Å². The van der Waals surface area contributed by atoms with Gasteiger partial charge >= 0.3 is 6.09 Å². The van der Waals surface area contributed by atoms with Crippen molar-refractivity contribution in [1.29, 1.82) is 0 Å². The van der Waals surface area contributed by atoms with Gasteiger partial charge in [-0.2, -0.15) is 0 Å². The van der Waals surface area contributed by atoms with Gasteiger partial charge in [-0.1, -0.05) is 11.6 Å². The van der Waals surface area contributed by atoms with Crippen LogP contribution in [0, 0.1) is 5.82 Å². The Morgan fingerprint density at radius 3 is 2.82 bits per heavy atom. The molecule has 1 aromatic carbocycles. The molecule has 39 heavy (non-hydrogen) atoms. The maximum absolute atomic E-state index is 15.6. The minimum absolute atomic E-state index is 0.00697. The Morgan fingerprint density at radius 2 is 2.13 bits per heavy atom. The van der Waals surface area contributed by atoms with Gasteiger partial charge in [0.2, 0.25) is 5.95 Å². The number of aliphatic hydroxyl groups excluding tert-OH is 1. The highest BCUT2D eigenvalue weighted by Gasteiger charge is 2.50.